The second-order valence-corrected chi connectivity index (χ2v) is 5.61. The van der Waals surface area contributed by atoms with Crippen molar-refractivity contribution in [3.63, 3.8) is 0 Å². The van der Waals surface area contributed by atoms with Gasteiger partial charge in [0.15, 0.2) is 0 Å². The smallest absolute Gasteiger partial charge is 0.0329 e. The molecule has 3 rings (SSSR count). The highest BCUT2D eigenvalue weighted by Gasteiger charge is 2.32. The van der Waals surface area contributed by atoms with Crippen LogP contribution in [0.2, 0.25) is 0 Å². The monoisotopic (exact) mass is 229 g/mol. The first-order valence-electron chi connectivity index (χ1n) is 7.25. The summed E-state index contributed by atoms with van der Waals surface area (Å²) >= 11 is 0. The Morgan fingerprint density at radius 2 is 2.24 bits per heavy atom. The van der Waals surface area contributed by atoms with Gasteiger partial charge in [-0.25, -0.2) is 0 Å². The SMILES string of the molecule is CCCNC1CC2CCCCc3cccc1c32. The molecule has 1 heteroatoms. The third-order valence-electron chi connectivity index (χ3n) is 4.42. The summed E-state index contributed by atoms with van der Waals surface area (Å²) in [5.41, 5.74) is 4.98. The minimum atomic E-state index is 0.632. The quantitative estimate of drug-likeness (QED) is 0.827. The van der Waals surface area contributed by atoms with Crippen molar-refractivity contribution in [1.82, 2.24) is 5.32 Å². The average Bonchev–Trinajstić information content (AvgIpc) is 2.57. The normalized spacial score (nSPS) is 26.6. The van der Waals surface area contributed by atoms with E-state index in [1.54, 1.807) is 16.7 Å². The highest BCUT2D eigenvalue weighted by Crippen LogP contribution is 2.46. The van der Waals surface area contributed by atoms with Crippen molar-refractivity contribution in [2.24, 2.45) is 0 Å². The second kappa shape index (κ2) is 4.81. The maximum atomic E-state index is 3.73. The molecule has 0 fully saturated rings. The summed E-state index contributed by atoms with van der Waals surface area (Å²) in [6.07, 6.45) is 8.09. The van der Waals surface area contributed by atoms with Crippen LogP contribution in [0.25, 0.3) is 0 Å². The van der Waals surface area contributed by atoms with E-state index in [1.165, 1.54) is 38.5 Å². The van der Waals surface area contributed by atoms with Crippen LogP contribution >= 0.6 is 0 Å². The zero-order chi connectivity index (χ0) is 11.7. The van der Waals surface area contributed by atoms with Crippen LogP contribution in [0, 0.1) is 0 Å². The lowest BCUT2D eigenvalue weighted by molar-refractivity contribution is 0.474. The molecular weight excluding hydrogens is 206 g/mol. The summed E-state index contributed by atoms with van der Waals surface area (Å²) in [6.45, 7) is 3.40. The molecule has 0 aromatic heterocycles. The van der Waals surface area contributed by atoms with Gasteiger partial charge in [0.05, 0.1) is 0 Å². The second-order valence-electron chi connectivity index (χ2n) is 5.61. The highest BCUT2D eigenvalue weighted by molar-refractivity contribution is 5.44. The van der Waals surface area contributed by atoms with Crippen molar-refractivity contribution in [2.45, 2.75) is 57.4 Å². The van der Waals surface area contributed by atoms with Gasteiger partial charge in [-0.3, -0.25) is 0 Å². The van der Waals surface area contributed by atoms with Gasteiger partial charge in [-0.05, 0) is 61.3 Å². The molecule has 1 N–H and O–H groups in total. The van der Waals surface area contributed by atoms with E-state index < -0.39 is 0 Å². The van der Waals surface area contributed by atoms with Crippen LogP contribution in [0.5, 0.6) is 0 Å². The van der Waals surface area contributed by atoms with E-state index in [4.69, 9.17) is 0 Å². The first-order chi connectivity index (χ1) is 8.40. The molecular formula is C16H23N. The fourth-order valence-electron chi connectivity index (χ4n) is 3.66. The van der Waals surface area contributed by atoms with E-state index in [1.807, 2.05) is 0 Å². The minimum absolute atomic E-state index is 0.632. The van der Waals surface area contributed by atoms with E-state index >= 15 is 0 Å². The Balaban J connectivity index is 1.93. The van der Waals surface area contributed by atoms with Crippen molar-refractivity contribution in [3.05, 3.63) is 34.9 Å². The molecule has 0 heterocycles. The fraction of sp³-hybridized carbons (Fsp3) is 0.625. The van der Waals surface area contributed by atoms with Crippen molar-refractivity contribution < 1.29 is 0 Å². The summed E-state index contributed by atoms with van der Waals surface area (Å²) in [7, 11) is 0. The maximum absolute atomic E-state index is 3.73. The molecule has 0 bridgehead atoms. The third-order valence-corrected chi connectivity index (χ3v) is 4.42. The number of hydrogen-bond acceptors (Lipinski definition) is 1. The van der Waals surface area contributed by atoms with Crippen LogP contribution in [-0.2, 0) is 6.42 Å². The van der Waals surface area contributed by atoms with Crippen molar-refractivity contribution in [3.8, 4) is 0 Å². The Hall–Kier alpha value is -0.820. The number of hydrogen-bond donors (Lipinski definition) is 1. The molecule has 0 saturated carbocycles. The molecule has 2 atom stereocenters. The molecule has 1 aromatic carbocycles. The molecule has 2 aliphatic carbocycles. The molecule has 1 nitrogen and oxygen atoms in total. The number of benzene rings is 1. The van der Waals surface area contributed by atoms with Gasteiger partial charge in [0.1, 0.15) is 0 Å². The van der Waals surface area contributed by atoms with E-state index in [2.05, 4.69) is 30.4 Å². The predicted octanol–water partition coefficient (Wildman–Crippen LogP) is 3.94. The summed E-state index contributed by atoms with van der Waals surface area (Å²) in [5.74, 6) is 0.845. The molecule has 17 heavy (non-hydrogen) atoms. The summed E-state index contributed by atoms with van der Waals surface area (Å²) in [5, 5.41) is 3.73. The topological polar surface area (TPSA) is 12.0 Å². The summed E-state index contributed by atoms with van der Waals surface area (Å²) < 4.78 is 0. The zero-order valence-corrected chi connectivity index (χ0v) is 10.8. The molecule has 0 spiro atoms. The van der Waals surface area contributed by atoms with Crippen LogP contribution in [0.3, 0.4) is 0 Å². The summed E-state index contributed by atoms with van der Waals surface area (Å²) in [4.78, 5) is 0. The maximum Gasteiger partial charge on any atom is 0.0329 e. The number of nitrogens with one attached hydrogen (secondary N) is 1. The van der Waals surface area contributed by atoms with E-state index in [-0.39, 0.29) is 0 Å². The van der Waals surface area contributed by atoms with Gasteiger partial charge < -0.3 is 5.32 Å². The van der Waals surface area contributed by atoms with Crippen molar-refractivity contribution in [2.75, 3.05) is 6.54 Å². The molecule has 0 aliphatic heterocycles. The lowest BCUT2D eigenvalue weighted by Crippen LogP contribution is -2.20. The van der Waals surface area contributed by atoms with Crippen LogP contribution in [0.4, 0.5) is 0 Å². The molecule has 0 radical (unpaired) electrons. The molecule has 2 aliphatic rings. The van der Waals surface area contributed by atoms with E-state index in [9.17, 15) is 0 Å². The van der Waals surface area contributed by atoms with Crippen LogP contribution in [0.15, 0.2) is 18.2 Å². The Labute approximate surface area is 105 Å². The molecule has 92 valence electrons. The van der Waals surface area contributed by atoms with Crippen LogP contribution in [0.1, 0.15) is 67.7 Å². The third kappa shape index (κ3) is 2.01. The Morgan fingerprint density at radius 3 is 3.12 bits per heavy atom. The van der Waals surface area contributed by atoms with Crippen molar-refractivity contribution >= 4 is 0 Å². The lowest BCUT2D eigenvalue weighted by Gasteiger charge is -2.14. The average molecular weight is 229 g/mol. The zero-order valence-electron chi connectivity index (χ0n) is 10.8. The summed E-state index contributed by atoms with van der Waals surface area (Å²) in [6, 6.07) is 7.62. The molecule has 2 unspecified atom stereocenters. The first kappa shape index (κ1) is 11.3. The fourth-order valence-corrected chi connectivity index (χ4v) is 3.66. The Morgan fingerprint density at radius 1 is 1.29 bits per heavy atom. The van der Waals surface area contributed by atoms with Gasteiger partial charge in [-0.2, -0.15) is 0 Å². The molecule has 1 aromatic rings. The van der Waals surface area contributed by atoms with E-state index in [0.29, 0.717) is 6.04 Å². The lowest BCUT2D eigenvalue weighted by atomic mass is 9.95. The van der Waals surface area contributed by atoms with Crippen LogP contribution in [-0.4, -0.2) is 6.54 Å². The van der Waals surface area contributed by atoms with Gasteiger partial charge in [-0.15, -0.1) is 0 Å². The first-order valence-corrected chi connectivity index (χ1v) is 7.25. The highest BCUT2D eigenvalue weighted by atomic mass is 14.9. The van der Waals surface area contributed by atoms with Gasteiger partial charge in [0.25, 0.3) is 0 Å². The van der Waals surface area contributed by atoms with E-state index in [0.717, 1.165) is 12.5 Å². The van der Waals surface area contributed by atoms with Gasteiger partial charge in [0.2, 0.25) is 0 Å². The van der Waals surface area contributed by atoms with Crippen molar-refractivity contribution in [1.29, 1.82) is 0 Å². The predicted molar refractivity (Wildman–Crippen MR) is 72.4 cm³/mol. The largest absolute Gasteiger partial charge is 0.310 e. The van der Waals surface area contributed by atoms with Crippen LogP contribution < -0.4 is 5.32 Å². The number of aryl methyl sites for hydroxylation is 1. The minimum Gasteiger partial charge on any atom is -0.310 e. The Bertz CT molecular complexity index is 397. The van der Waals surface area contributed by atoms with Gasteiger partial charge in [0, 0.05) is 6.04 Å². The molecule has 0 amide bonds. The van der Waals surface area contributed by atoms with Gasteiger partial charge in [-0.1, -0.05) is 31.5 Å². The van der Waals surface area contributed by atoms with Gasteiger partial charge >= 0.3 is 0 Å². The molecule has 0 saturated heterocycles. The standard InChI is InChI=1S/C16H23N/c1-2-10-17-15-11-13-7-4-3-6-12-8-5-9-14(15)16(12)13/h5,8-9,13,15,17H,2-4,6-7,10-11H2,1H3. The Kier molecular flexibility index (Phi) is 3.19. The number of rotatable bonds is 3.